The molecule has 2 saturated heterocycles. The summed E-state index contributed by atoms with van der Waals surface area (Å²) in [5.41, 5.74) is 11.2. The largest absolute Gasteiger partial charge is 0.379 e. The number of sulfone groups is 2. The Morgan fingerprint density at radius 1 is 0.486 bits per heavy atom. The number of morpholine rings is 2. The van der Waals surface area contributed by atoms with Crippen molar-refractivity contribution in [2.45, 2.75) is 73.2 Å². The van der Waals surface area contributed by atoms with Crippen molar-refractivity contribution in [2.24, 2.45) is 0 Å². The van der Waals surface area contributed by atoms with Gasteiger partial charge in [0.1, 0.15) is 0 Å². The molecule has 74 heavy (non-hydrogen) atoms. The number of aromatic nitrogens is 6. The number of fused-ring (bicyclic) bond motifs is 4. The molecule has 18 heteroatoms. The quantitative estimate of drug-likeness (QED) is 0.0907. The number of aryl methyl sites for hydroxylation is 4. The molecule has 4 aromatic carbocycles. The normalized spacial score (nSPS) is 19.2. The van der Waals surface area contributed by atoms with Crippen LogP contribution in [0, 0.1) is 0 Å². The molecule has 4 aromatic heterocycles. The summed E-state index contributed by atoms with van der Waals surface area (Å²) in [6, 6.07) is 35.9. The summed E-state index contributed by atoms with van der Waals surface area (Å²) in [7, 11) is -6.82. The molecule has 0 amide bonds. The molecule has 8 aromatic rings. The van der Waals surface area contributed by atoms with E-state index in [1.807, 2.05) is 70.9 Å². The third-order valence-electron chi connectivity index (χ3n) is 15.4. The SMILES string of the molecule is CS(=O)(=O)c1ccc(-c2cccn3nc(N(c4ccc5c(c4)CCC(N4CCOCC4)CC5)N(c4ccc5c(c4)CCC(N4CCOCC4)CC5)c4nc5c(-c6ccc(S(C)(=O)=O)cc6)cccn5n4)nc23)cc1. The van der Waals surface area contributed by atoms with Gasteiger partial charge in [-0.25, -0.2) is 35.9 Å². The van der Waals surface area contributed by atoms with Crippen molar-refractivity contribution in [1.82, 2.24) is 39.0 Å². The molecule has 2 fully saturated rings. The molecule has 2 atom stereocenters. The summed E-state index contributed by atoms with van der Waals surface area (Å²) in [6.45, 7) is 6.87. The average molecular weight is 1030 g/mol. The molecule has 0 bridgehead atoms. The Bertz CT molecular complexity index is 3350. The molecule has 12 rings (SSSR count). The van der Waals surface area contributed by atoms with Crippen molar-refractivity contribution in [3.8, 4) is 22.3 Å². The second-order valence-electron chi connectivity index (χ2n) is 20.1. The zero-order valence-electron chi connectivity index (χ0n) is 41.8. The van der Waals surface area contributed by atoms with Crippen LogP contribution in [0.25, 0.3) is 33.5 Å². The number of rotatable bonds is 11. The fourth-order valence-electron chi connectivity index (χ4n) is 11.5. The number of pyridine rings is 2. The highest BCUT2D eigenvalue weighted by atomic mass is 32.2. The lowest BCUT2D eigenvalue weighted by atomic mass is 10.0. The van der Waals surface area contributed by atoms with Gasteiger partial charge < -0.3 is 9.47 Å². The topological polar surface area (TPSA) is 160 Å². The van der Waals surface area contributed by atoms with E-state index in [-0.39, 0.29) is 9.79 Å². The van der Waals surface area contributed by atoms with Crippen molar-refractivity contribution in [3.63, 3.8) is 0 Å². The third-order valence-corrected chi connectivity index (χ3v) is 17.7. The summed E-state index contributed by atoms with van der Waals surface area (Å²) < 4.78 is 65.0. The fourth-order valence-corrected chi connectivity index (χ4v) is 12.7. The molecule has 0 saturated carbocycles. The predicted molar refractivity (Wildman–Crippen MR) is 286 cm³/mol. The number of hydrazine groups is 1. The Morgan fingerprint density at radius 2 is 0.865 bits per heavy atom. The maximum absolute atomic E-state index is 12.5. The zero-order valence-corrected chi connectivity index (χ0v) is 43.4. The fraction of sp³-hybridized carbons (Fsp3) is 0.357. The van der Waals surface area contributed by atoms with Crippen LogP contribution in [0.3, 0.4) is 0 Å². The predicted octanol–water partition coefficient (Wildman–Crippen LogP) is 7.96. The molecule has 6 heterocycles. The summed E-state index contributed by atoms with van der Waals surface area (Å²) in [5, 5.41) is 14.6. The summed E-state index contributed by atoms with van der Waals surface area (Å²) in [5.74, 6) is 0.755. The summed E-state index contributed by atoms with van der Waals surface area (Å²) in [6.07, 6.45) is 14.1. The number of benzene rings is 4. The second kappa shape index (κ2) is 20.0. The van der Waals surface area contributed by atoms with Gasteiger partial charge in [-0.2, -0.15) is 9.97 Å². The molecule has 382 valence electrons. The molecule has 0 radical (unpaired) electrons. The highest BCUT2D eigenvalue weighted by molar-refractivity contribution is 7.91. The van der Waals surface area contributed by atoms with Crippen LogP contribution in [-0.4, -0.2) is 133 Å². The van der Waals surface area contributed by atoms with Gasteiger partial charge in [-0.3, -0.25) is 9.80 Å². The maximum Gasteiger partial charge on any atom is 0.269 e. The molecule has 2 aliphatic heterocycles. The third kappa shape index (κ3) is 9.70. The number of nitrogens with zero attached hydrogens (tertiary/aromatic N) is 10. The highest BCUT2D eigenvalue weighted by Gasteiger charge is 2.33. The van der Waals surface area contributed by atoms with E-state index in [0.717, 1.165) is 138 Å². The minimum absolute atomic E-state index is 0.239. The lowest BCUT2D eigenvalue weighted by Crippen LogP contribution is -2.43. The van der Waals surface area contributed by atoms with E-state index >= 15 is 0 Å². The van der Waals surface area contributed by atoms with Crippen LogP contribution in [0.5, 0.6) is 0 Å². The molecule has 16 nitrogen and oxygen atoms in total. The van der Waals surface area contributed by atoms with Crippen molar-refractivity contribution in [2.75, 3.05) is 75.1 Å². The van der Waals surface area contributed by atoms with Crippen molar-refractivity contribution < 1.29 is 26.3 Å². The number of hydrogen-bond acceptors (Lipinski definition) is 14. The van der Waals surface area contributed by atoms with E-state index in [4.69, 9.17) is 29.6 Å². The van der Waals surface area contributed by atoms with Crippen molar-refractivity contribution >= 4 is 54.2 Å². The van der Waals surface area contributed by atoms with Gasteiger partial charge in [-0.05, 0) is 158 Å². The summed E-state index contributed by atoms with van der Waals surface area (Å²) in [4.78, 5) is 16.5. The Balaban J connectivity index is 1.03. The Kier molecular flexibility index (Phi) is 13.1. The molecule has 0 N–H and O–H groups in total. The number of hydrogen-bond donors (Lipinski definition) is 0. The van der Waals surface area contributed by atoms with Crippen molar-refractivity contribution in [1.29, 1.82) is 0 Å². The first-order chi connectivity index (χ1) is 35.9. The van der Waals surface area contributed by atoms with Crippen LogP contribution >= 0.6 is 0 Å². The van der Waals surface area contributed by atoms with Gasteiger partial charge in [-0.1, -0.05) is 36.4 Å². The Labute approximate surface area is 432 Å². The van der Waals surface area contributed by atoms with Crippen molar-refractivity contribution in [3.05, 3.63) is 144 Å². The van der Waals surface area contributed by atoms with Gasteiger partial charge in [0.05, 0.1) is 47.6 Å². The zero-order chi connectivity index (χ0) is 50.6. The second-order valence-corrected chi connectivity index (χ2v) is 24.1. The van der Waals surface area contributed by atoms with Gasteiger partial charge in [0.15, 0.2) is 31.0 Å². The van der Waals surface area contributed by atoms with Crippen LogP contribution in [0.1, 0.15) is 47.9 Å². The van der Waals surface area contributed by atoms with E-state index in [1.54, 1.807) is 33.3 Å². The Morgan fingerprint density at radius 3 is 1.24 bits per heavy atom. The average Bonchev–Trinajstić information content (AvgIpc) is 3.91. The molecule has 4 aliphatic rings. The van der Waals surface area contributed by atoms with Gasteiger partial charge in [0.2, 0.25) is 0 Å². The first-order valence-electron chi connectivity index (χ1n) is 25.7. The van der Waals surface area contributed by atoms with E-state index in [1.165, 1.54) is 34.8 Å². The monoisotopic (exact) mass is 1030 g/mol. The lowest BCUT2D eigenvalue weighted by molar-refractivity contribution is 0.0136. The maximum atomic E-state index is 12.5. The van der Waals surface area contributed by atoms with Crippen LogP contribution in [0.15, 0.2) is 131 Å². The Hall–Kier alpha value is -6.54. The van der Waals surface area contributed by atoms with Gasteiger partial charge in [0, 0.05) is 74.3 Å². The first-order valence-corrected chi connectivity index (χ1v) is 29.5. The minimum Gasteiger partial charge on any atom is -0.379 e. The molecule has 2 aliphatic carbocycles. The van der Waals surface area contributed by atoms with E-state index in [9.17, 15) is 16.8 Å². The number of anilines is 4. The van der Waals surface area contributed by atoms with E-state index in [0.29, 0.717) is 35.3 Å². The van der Waals surface area contributed by atoms with E-state index in [2.05, 4.69) is 46.2 Å². The smallest absolute Gasteiger partial charge is 0.269 e. The molecule has 0 spiro atoms. The first kappa shape index (κ1) is 48.4. The molecule has 2 unspecified atom stereocenters. The van der Waals surface area contributed by atoms with Gasteiger partial charge in [-0.15, -0.1) is 10.2 Å². The van der Waals surface area contributed by atoms with Crippen LogP contribution in [-0.2, 0) is 54.8 Å². The molecular formula is C56H60N10O6S2. The van der Waals surface area contributed by atoms with Crippen LogP contribution in [0.2, 0.25) is 0 Å². The lowest BCUT2D eigenvalue weighted by Gasteiger charge is -2.34. The van der Waals surface area contributed by atoms with Crippen LogP contribution < -0.4 is 10.0 Å². The van der Waals surface area contributed by atoms with Gasteiger partial charge >= 0.3 is 0 Å². The van der Waals surface area contributed by atoms with Gasteiger partial charge in [0.25, 0.3) is 11.9 Å². The molecular weight excluding hydrogens is 973 g/mol. The van der Waals surface area contributed by atoms with E-state index < -0.39 is 19.7 Å². The standard InChI is InChI=1S/C56H60N10O6S2/c1-73(67,68)49-23-13-41(14-24-49)51-5-3-27-63-53(51)57-55(59-63)65(47-21-9-39-7-17-45(19-11-43(39)37-47)61-29-33-71-34-30-61)66(48-22-10-40-8-18-46(20-12-44(40)38-48)62-31-35-72-36-32-62)56-58-54-52(6-4-28-64(54)60-56)42-15-25-50(26-16-42)74(2,69)70/h3-6,9-10,13-16,21-28,37-38,45-46H,7-8,11-12,17-20,29-36H2,1-2H3. The minimum atomic E-state index is -3.41. The highest BCUT2D eigenvalue weighted by Crippen LogP contribution is 2.40. The number of ether oxygens (including phenoxy) is 2. The van der Waals surface area contributed by atoms with Crippen LogP contribution in [0.4, 0.5) is 23.3 Å². The summed E-state index contributed by atoms with van der Waals surface area (Å²) >= 11 is 0.